The van der Waals surface area contributed by atoms with Gasteiger partial charge in [-0.1, -0.05) is 13.8 Å². The monoisotopic (exact) mass is 197 g/mol. The molecule has 1 rings (SSSR count). The van der Waals surface area contributed by atoms with E-state index in [1.807, 2.05) is 19.1 Å². The quantitative estimate of drug-likeness (QED) is 0.729. The third-order valence-electron chi connectivity index (χ3n) is 2.34. The maximum atomic E-state index is 8.96. The standard InChI is InChI=1S/C11H19NO2/c1-3-9(8-13)12-7-11-6-5-10(4-2)14-11/h5-6,9,12-13H,3-4,7-8H2,1-2H3/t9-/m1/s1. The van der Waals surface area contributed by atoms with Gasteiger partial charge in [0.15, 0.2) is 0 Å². The number of aliphatic hydroxyl groups is 1. The first kappa shape index (κ1) is 11.3. The highest BCUT2D eigenvalue weighted by molar-refractivity contribution is 5.06. The van der Waals surface area contributed by atoms with Crippen LogP contribution in [0.25, 0.3) is 0 Å². The molecule has 3 heteroatoms. The molecule has 0 aromatic carbocycles. The molecule has 0 saturated heterocycles. The van der Waals surface area contributed by atoms with Crippen molar-refractivity contribution in [1.82, 2.24) is 5.32 Å². The summed E-state index contributed by atoms with van der Waals surface area (Å²) in [4.78, 5) is 0. The van der Waals surface area contributed by atoms with Crippen LogP contribution in [0.1, 0.15) is 31.8 Å². The highest BCUT2D eigenvalue weighted by Crippen LogP contribution is 2.08. The van der Waals surface area contributed by atoms with E-state index in [1.165, 1.54) is 0 Å². The van der Waals surface area contributed by atoms with E-state index in [0.717, 1.165) is 24.4 Å². The fraction of sp³-hybridized carbons (Fsp3) is 0.636. The van der Waals surface area contributed by atoms with E-state index in [1.54, 1.807) is 0 Å². The zero-order chi connectivity index (χ0) is 10.4. The number of hydrogen-bond donors (Lipinski definition) is 2. The Hall–Kier alpha value is -0.800. The van der Waals surface area contributed by atoms with Crippen LogP contribution in [0.4, 0.5) is 0 Å². The van der Waals surface area contributed by atoms with Crippen LogP contribution in [-0.4, -0.2) is 17.8 Å². The van der Waals surface area contributed by atoms with Crippen molar-refractivity contribution >= 4 is 0 Å². The van der Waals surface area contributed by atoms with Gasteiger partial charge >= 0.3 is 0 Å². The van der Waals surface area contributed by atoms with Crippen LogP contribution in [-0.2, 0) is 13.0 Å². The van der Waals surface area contributed by atoms with E-state index in [2.05, 4.69) is 12.2 Å². The van der Waals surface area contributed by atoms with Gasteiger partial charge in [0.05, 0.1) is 13.2 Å². The first-order valence-electron chi connectivity index (χ1n) is 5.22. The van der Waals surface area contributed by atoms with Crippen LogP contribution in [0.5, 0.6) is 0 Å². The second kappa shape index (κ2) is 5.83. The first-order chi connectivity index (χ1) is 6.80. The van der Waals surface area contributed by atoms with E-state index in [9.17, 15) is 0 Å². The third kappa shape index (κ3) is 3.16. The lowest BCUT2D eigenvalue weighted by molar-refractivity contribution is 0.235. The molecule has 1 atom stereocenters. The lowest BCUT2D eigenvalue weighted by Gasteiger charge is -2.12. The minimum Gasteiger partial charge on any atom is -0.465 e. The Labute approximate surface area is 85.1 Å². The lowest BCUT2D eigenvalue weighted by Crippen LogP contribution is -2.30. The van der Waals surface area contributed by atoms with Gasteiger partial charge in [-0.3, -0.25) is 0 Å². The van der Waals surface area contributed by atoms with Gasteiger partial charge in [-0.2, -0.15) is 0 Å². The predicted molar refractivity (Wildman–Crippen MR) is 56.1 cm³/mol. The van der Waals surface area contributed by atoms with Gasteiger partial charge in [0.2, 0.25) is 0 Å². The molecule has 0 fully saturated rings. The van der Waals surface area contributed by atoms with E-state index in [-0.39, 0.29) is 12.6 Å². The molecule has 0 unspecified atom stereocenters. The minimum absolute atomic E-state index is 0.171. The molecule has 0 radical (unpaired) electrons. The largest absolute Gasteiger partial charge is 0.465 e. The fourth-order valence-corrected chi connectivity index (χ4v) is 1.29. The maximum absolute atomic E-state index is 8.96. The van der Waals surface area contributed by atoms with Gasteiger partial charge in [-0.05, 0) is 18.6 Å². The number of nitrogens with one attached hydrogen (secondary N) is 1. The van der Waals surface area contributed by atoms with E-state index in [0.29, 0.717) is 6.54 Å². The molecule has 80 valence electrons. The molecule has 0 saturated carbocycles. The van der Waals surface area contributed by atoms with Crippen molar-refractivity contribution in [3.63, 3.8) is 0 Å². The van der Waals surface area contributed by atoms with Gasteiger partial charge in [-0.25, -0.2) is 0 Å². The highest BCUT2D eigenvalue weighted by atomic mass is 16.3. The number of hydrogen-bond acceptors (Lipinski definition) is 3. The Kier molecular flexibility index (Phi) is 4.70. The van der Waals surface area contributed by atoms with Crippen LogP contribution >= 0.6 is 0 Å². The molecule has 0 bridgehead atoms. The Balaban J connectivity index is 2.37. The molecule has 3 nitrogen and oxygen atoms in total. The van der Waals surface area contributed by atoms with E-state index in [4.69, 9.17) is 9.52 Å². The summed E-state index contributed by atoms with van der Waals surface area (Å²) in [7, 11) is 0. The van der Waals surface area contributed by atoms with Crippen LogP contribution < -0.4 is 5.32 Å². The fourth-order valence-electron chi connectivity index (χ4n) is 1.29. The average Bonchev–Trinajstić information content (AvgIpc) is 2.67. The zero-order valence-corrected chi connectivity index (χ0v) is 8.92. The molecule has 0 aliphatic carbocycles. The molecule has 0 aliphatic rings. The molecule has 2 N–H and O–H groups in total. The van der Waals surface area contributed by atoms with Crippen LogP contribution in [0.2, 0.25) is 0 Å². The van der Waals surface area contributed by atoms with Crippen molar-refractivity contribution in [1.29, 1.82) is 0 Å². The molecular weight excluding hydrogens is 178 g/mol. The molecule has 1 aromatic rings. The normalized spacial score (nSPS) is 13.1. The van der Waals surface area contributed by atoms with Gasteiger partial charge in [0.1, 0.15) is 11.5 Å². The van der Waals surface area contributed by atoms with Gasteiger partial charge < -0.3 is 14.8 Å². The number of furan rings is 1. The van der Waals surface area contributed by atoms with Crippen molar-refractivity contribution < 1.29 is 9.52 Å². The van der Waals surface area contributed by atoms with Crippen LogP contribution in [0.3, 0.4) is 0 Å². The Bertz CT molecular complexity index is 254. The second-order valence-corrected chi connectivity index (χ2v) is 3.39. The van der Waals surface area contributed by atoms with Crippen molar-refractivity contribution in [2.45, 2.75) is 39.3 Å². The number of aryl methyl sites for hydroxylation is 1. The minimum atomic E-state index is 0.171. The molecular formula is C11H19NO2. The summed E-state index contributed by atoms with van der Waals surface area (Å²) >= 11 is 0. The smallest absolute Gasteiger partial charge is 0.117 e. The summed E-state index contributed by atoms with van der Waals surface area (Å²) in [6, 6.07) is 4.15. The average molecular weight is 197 g/mol. The van der Waals surface area contributed by atoms with Crippen molar-refractivity contribution in [2.75, 3.05) is 6.61 Å². The number of aliphatic hydroxyl groups excluding tert-OH is 1. The molecule has 1 heterocycles. The lowest BCUT2D eigenvalue weighted by atomic mass is 10.2. The highest BCUT2D eigenvalue weighted by Gasteiger charge is 2.05. The van der Waals surface area contributed by atoms with Crippen molar-refractivity contribution in [3.05, 3.63) is 23.7 Å². The summed E-state index contributed by atoms with van der Waals surface area (Å²) in [5.41, 5.74) is 0. The molecule has 1 aromatic heterocycles. The Morgan fingerprint density at radius 2 is 2.07 bits per heavy atom. The summed E-state index contributed by atoms with van der Waals surface area (Å²) in [5.74, 6) is 1.95. The topological polar surface area (TPSA) is 45.4 Å². The van der Waals surface area contributed by atoms with E-state index >= 15 is 0 Å². The van der Waals surface area contributed by atoms with E-state index < -0.39 is 0 Å². The SMILES string of the molecule is CCc1ccc(CN[C@H](CC)CO)o1. The second-order valence-electron chi connectivity index (χ2n) is 3.39. The zero-order valence-electron chi connectivity index (χ0n) is 8.92. The summed E-state index contributed by atoms with van der Waals surface area (Å²) < 4.78 is 5.53. The summed E-state index contributed by atoms with van der Waals surface area (Å²) in [6.45, 7) is 4.99. The number of rotatable bonds is 6. The van der Waals surface area contributed by atoms with Gasteiger partial charge in [0.25, 0.3) is 0 Å². The Morgan fingerprint density at radius 3 is 2.57 bits per heavy atom. The van der Waals surface area contributed by atoms with Crippen LogP contribution in [0.15, 0.2) is 16.5 Å². The summed E-state index contributed by atoms with van der Waals surface area (Å²) in [6.07, 6.45) is 1.86. The van der Waals surface area contributed by atoms with Crippen molar-refractivity contribution in [2.24, 2.45) is 0 Å². The van der Waals surface area contributed by atoms with Crippen LogP contribution in [0, 0.1) is 0 Å². The molecule has 0 amide bonds. The Morgan fingerprint density at radius 1 is 1.36 bits per heavy atom. The first-order valence-corrected chi connectivity index (χ1v) is 5.22. The third-order valence-corrected chi connectivity index (χ3v) is 2.34. The van der Waals surface area contributed by atoms with Gasteiger partial charge in [0, 0.05) is 12.5 Å². The molecule has 14 heavy (non-hydrogen) atoms. The predicted octanol–water partition coefficient (Wildman–Crippen LogP) is 1.70. The molecule has 0 aliphatic heterocycles. The summed E-state index contributed by atoms with van der Waals surface area (Å²) in [5, 5.41) is 12.2. The molecule has 0 spiro atoms. The maximum Gasteiger partial charge on any atom is 0.117 e. The van der Waals surface area contributed by atoms with Gasteiger partial charge in [-0.15, -0.1) is 0 Å². The van der Waals surface area contributed by atoms with Crippen molar-refractivity contribution in [3.8, 4) is 0 Å².